The summed E-state index contributed by atoms with van der Waals surface area (Å²) >= 11 is 0. The molecular formula is C14H23FN4O. The molecule has 0 radical (unpaired) electrons. The van der Waals surface area contributed by atoms with Gasteiger partial charge in [-0.2, -0.15) is 0 Å². The molecule has 20 heavy (non-hydrogen) atoms. The lowest BCUT2D eigenvalue weighted by atomic mass is 10.0. The second-order valence-electron chi connectivity index (χ2n) is 5.62. The van der Waals surface area contributed by atoms with E-state index in [0.717, 1.165) is 6.42 Å². The van der Waals surface area contributed by atoms with Gasteiger partial charge < -0.3 is 16.0 Å². The van der Waals surface area contributed by atoms with Gasteiger partial charge >= 0.3 is 0 Å². The zero-order chi connectivity index (χ0) is 15.3. The number of likely N-dealkylation sites (N-methyl/N-ethyl adjacent to an activating group) is 1. The molecule has 0 spiro atoms. The Morgan fingerprint density at radius 2 is 2.15 bits per heavy atom. The molecule has 0 saturated carbocycles. The molecule has 0 aliphatic rings. The van der Waals surface area contributed by atoms with Crippen molar-refractivity contribution in [2.24, 2.45) is 5.92 Å². The topological polar surface area (TPSA) is 71.2 Å². The van der Waals surface area contributed by atoms with Gasteiger partial charge in [-0.1, -0.05) is 13.8 Å². The quantitative estimate of drug-likeness (QED) is 0.829. The van der Waals surface area contributed by atoms with Crippen LogP contribution in [0.5, 0.6) is 0 Å². The summed E-state index contributed by atoms with van der Waals surface area (Å²) in [6.07, 6.45) is 2.16. The second kappa shape index (κ2) is 7.19. The molecule has 1 aromatic rings. The summed E-state index contributed by atoms with van der Waals surface area (Å²) in [5.74, 6) is -1.04. The molecule has 3 N–H and O–H groups in total. The van der Waals surface area contributed by atoms with Crippen molar-refractivity contribution in [3.05, 3.63) is 23.6 Å². The average Bonchev–Trinajstić information content (AvgIpc) is 2.30. The minimum atomic E-state index is -0.766. The Kier molecular flexibility index (Phi) is 5.88. The van der Waals surface area contributed by atoms with Crippen molar-refractivity contribution in [2.45, 2.75) is 26.3 Å². The summed E-state index contributed by atoms with van der Waals surface area (Å²) in [6.45, 7) is 4.87. The van der Waals surface area contributed by atoms with Crippen LogP contribution in [0, 0.1) is 11.7 Å². The minimum Gasteiger partial charge on any atom is -0.381 e. The number of hydrogen-bond donors (Lipinski definition) is 2. The van der Waals surface area contributed by atoms with Crippen LogP contribution in [0.1, 0.15) is 30.6 Å². The second-order valence-corrected chi connectivity index (χ2v) is 5.62. The number of amides is 1. The fourth-order valence-electron chi connectivity index (χ4n) is 2.09. The first-order chi connectivity index (χ1) is 9.31. The molecule has 1 heterocycles. The Morgan fingerprint density at radius 3 is 2.70 bits per heavy atom. The Balaban J connectivity index is 2.81. The summed E-state index contributed by atoms with van der Waals surface area (Å²) in [5, 5.41) is 2.86. The summed E-state index contributed by atoms with van der Waals surface area (Å²) in [6, 6.07) is 1.30. The van der Waals surface area contributed by atoms with Gasteiger partial charge in [0.05, 0.1) is 5.56 Å². The maximum Gasteiger partial charge on any atom is 0.254 e. The first kappa shape index (κ1) is 16.4. The van der Waals surface area contributed by atoms with Gasteiger partial charge in [-0.25, -0.2) is 9.37 Å². The van der Waals surface area contributed by atoms with Crippen molar-refractivity contribution in [1.82, 2.24) is 15.2 Å². The van der Waals surface area contributed by atoms with Crippen LogP contribution >= 0.6 is 0 Å². The van der Waals surface area contributed by atoms with Gasteiger partial charge in [0.2, 0.25) is 0 Å². The number of nitrogens with two attached hydrogens (primary N) is 1. The molecule has 1 amide bonds. The highest BCUT2D eigenvalue weighted by Crippen LogP contribution is 2.13. The minimum absolute atomic E-state index is 0.0358. The molecule has 0 aliphatic carbocycles. The van der Waals surface area contributed by atoms with E-state index in [4.69, 9.17) is 5.73 Å². The standard InChI is InChI=1S/C14H23FN4O/c1-9(2)7-10(8-19(3)4)18-14(20)11-5-6-17-13(16)12(11)15/h5-6,9-10H,7-8H2,1-4H3,(H2,16,17)(H,18,20). The molecule has 1 atom stereocenters. The Labute approximate surface area is 119 Å². The van der Waals surface area contributed by atoms with Crippen LogP contribution in [0.25, 0.3) is 0 Å². The van der Waals surface area contributed by atoms with Gasteiger partial charge in [-0.15, -0.1) is 0 Å². The molecule has 0 aromatic carbocycles. The van der Waals surface area contributed by atoms with Crippen LogP contribution in [0.2, 0.25) is 0 Å². The Morgan fingerprint density at radius 1 is 1.50 bits per heavy atom. The number of hydrogen-bond acceptors (Lipinski definition) is 4. The maximum absolute atomic E-state index is 13.8. The number of anilines is 1. The normalized spacial score (nSPS) is 12.8. The van der Waals surface area contributed by atoms with Gasteiger partial charge in [0.15, 0.2) is 11.6 Å². The molecule has 0 bridgehead atoms. The summed E-state index contributed by atoms with van der Waals surface area (Å²) in [5.41, 5.74) is 5.31. The molecule has 5 nitrogen and oxygen atoms in total. The van der Waals surface area contributed by atoms with E-state index in [9.17, 15) is 9.18 Å². The van der Waals surface area contributed by atoms with Crippen LogP contribution < -0.4 is 11.1 Å². The third-order valence-corrected chi connectivity index (χ3v) is 2.84. The maximum atomic E-state index is 13.8. The molecule has 0 aliphatic heterocycles. The number of nitrogens with zero attached hydrogens (tertiary/aromatic N) is 2. The lowest BCUT2D eigenvalue weighted by molar-refractivity contribution is 0.0920. The number of halogens is 1. The van der Waals surface area contributed by atoms with E-state index in [2.05, 4.69) is 24.1 Å². The Hall–Kier alpha value is -1.69. The highest BCUT2D eigenvalue weighted by molar-refractivity contribution is 5.95. The van der Waals surface area contributed by atoms with Gasteiger partial charge in [0.25, 0.3) is 5.91 Å². The average molecular weight is 282 g/mol. The van der Waals surface area contributed by atoms with Gasteiger partial charge in [0.1, 0.15) is 0 Å². The fourth-order valence-corrected chi connectivity index (χ4v) is 2.09. The number of nitrogens with one attached hydrogen (secondary N) is 1. The number of nitrogen functional groups attached to an aromatic ring is 1. The van der Waals surface area contributed by atoms with Gasteiger partial charge in [-0.3, -0.25) is 4.79 Å². The van der Waals surface area contributed by atoms with E-state index in [1.807, 2.05) is 19.0 Å². The number of rotatable bonds is 6. The lowest BCUT2D eigenvalue weighted by Gasteiger charge is -2.24. The predicted molar refractivity (Wildman–Crippen MR) is 77.9 cm³/mol. The van der Waals surface area contributed by atoms with Crippen LogP contribution in [0.3, 0.4) is 0 Å². The lowest BCUT2D eigenvalue weighted by Crippen LogP contribution is -2.42. The van der Waals surface area contributed by atoms with E-state index in [1.165, 1.54) is 12.3 Å². The molecule has 1 rings (SSSR count). The van der Waals surface area contributed by atoms with Crippen LogP contribution in [0.15, 0.2) is 12.3 Å². The van der Waals surface area contributed by atoms with Crippen LogP contribution in [0.4, 0.5) is 10.2 Å². The largest absolute Gasteiger partial charge is 0.381 e. The SMILES string of the molecule is CC(C)CC(CN(C)C)NC(=O)c1ccnc(N)c1F. The Bertz CT molecular complexity index is 452. The van der Waals surface area contributed by atoms with Gasteiger partial charge in [-0.05, 0) is 32.5 Å². The first-order valence-corrected chi connectivity index (χ1v) is 6.66. The van der Waals surface area contributed by atoms with Crippen molar-refractivity contribution in [3.8, 4) is 0 Å². The molecular weight excluding hydrogens is 259 g/mol. The molecule has 0 saturated heterocycles. The van der Waals surface area contributed by atoms with Crippen molar-refractivity contribution < 1.29 is 9.18 Å². The highest BCUT2D eigenvalue weighted by Gasteiger charge is 2.19. The zero-order valence-corrected chi connectivity index (χ0v) is 12.5. The molecule has 1 unspecified atom stereocenters. The van der Waals surface area contributed by atoms with Crippen molar-refractivity contribution in [3.63, 3.8) is 0 Å². The monoisotopic (exact) mass is 282 g/mol. The summed E-state index contributed by atoms with van der Waals surface area (Å²) in [7, 11) is 3.87. The molecule has 112 valence electrons. The van der Waals surface area contributed by atoms with E-state index in [1.54, 1.807) is 0 Å². The molecule has 6 heteroatoms. The fraction of sp³-hybridized carbons (Fsp3) is 0.571. The molecule has 0 fully saturated rings. The zero-order valence-electron chi connectivity index (χ0n) is 12.5. The molecule has 1 aromatic heterocycles. The van der Waals surface area contributed by atoms with E-state index in [0.29, 0.717) is 12.5 Å². The van der Waals surface area contributed by atoms with E-state index >= 15 is 0 Å². The van der Waals surface area contributed by atoms with E-state index in [-0.39, 0.29) is 17.4 Å². The van der Waals surface area contributed by atoms with Crippen LogP contribution in [-0.4, -0.2) is 42.5 Å². The number of carbonyl (C=O) groups excluding carboxylic acids is 1. The number of aromatic nitrogens is 1. The van der Waals surface area contributed by atoms with Gasteiger partial charge in [0, 0.05) is 18.8 Å². The van der Waals surface area contributed by atoms with Crippen molar-refractivity contribution >= 4 is 11.7 Å². The number of pyridine rings is 1. The third-order valence-electron chi connectivity index (χ3n) is 2.84. The number of carbonyl (C=O) groups is 1. The van der Waals surface area contributed by atoms with Crippen molar-refractivity contribution in [1.29, 1.82) is 0 Å². The first-order valence-electron chi connectivity index (χ1n) is 6.66. The van der Waals surface area contributed by atoms with E-state index < -0.39 is 11.7 Å². The predicted octanol–water partition coefficient (Wildman–Crippen LogP) is 1.51. The van der Waals surface area contributed by atoms with Crippen molar-refractivity contribution in [2.75, 3.05) is 26.4 Å². The highest BCUT2D eigenvalue weighted by atomic mass is 19.1. The third kappa shape index (κ3) is 4.77. The summed E-state index contributed by atoms with van der Waals surface area (Å²) in [4.78, 5) is 17.7. The summed E-state index contributed by atoms with van der Waals surface area (Å²) < 4.78 is 13.8. The smallest absolute Gasteiger partial charge is 0.254 e. The van der Waals surface area contributed by atoms with Crippen LogP contribution in [-0.2, 0) is 0 Å².